The number of para-hydroxylation sites is 1. The predicted molar refractivity (Wildman–Crippen MR) is 110 cm³/mol. The lowest BCUT2D eigenvalue weighted by Crippen LogP contribution is -1.93. The van der Waals surface area contributed by atoms with E-state index in [0.717, 1.165) is 16.3 Å². The summed E-state index contributed by atoms with van der Waals surface area (Å²) in [6, 6.07) is 22.8. The van der Waals surface area contributed by atoms with Gasteiger partial charge in [-0.15, -0.1) is 10.2 Å². The van der Waals surface area contributed by atoms with Gasteiger partial charge in [-0.1, -0.05) is 60.7 Å². The highest BCUT2D eigenvalue weighted by Crippen LogP contribution is 2.35. The van der Waals surface area contributed by atoms with E-state index in [2.05, 4.69) is 25.4 Å². The smallest absolute Gasteiger partial charge is 0.313 e. The zero-order valence-corrected chi connectivity index (χ0v) is 15.1. The van der Waals surface area contributed by atoms with E-state index in [9.17, 15) is 9.90 Å². The van der Waals surface area contributed by atoms with Gasteiger partial charge in [-0.2, -0.15) is 5.10 Å². The minimum Gasteiger partial charge on any atom is -0.493 e. The van der Waals surface area contributed by atoms with Crippen LogP contribution in [0.2, 0.25) is 0 Å². The van der Waals surface area contributed by atoms with E-state index in [1.165, 1.54) is 0 Å². The molecule has 0 saturated carbocycles. The fourth-order valence-corrected chi connectivity index (χ4v) is 3.38. The van der Waals surface area contributed by atoms with Crippen molar-refractivity contribution in [1.29, 1.82) is 0 Å². The van der Waals surface area contributed by atoms with E-state index < -0.39 is 5.91 Å². The third kappa shape index (κ3) is 2.94. The van der Waals surface area contributed by atoms with Crippen LogP contribution in [0.15, 0.2) is 83.0 Å². The molecule has 2 aromatic heterocycles. The number of hydrogen-bond acceptors (Lipinski definition) is 4. The molecule has 0 atom stereocenters. The number of nitrogens with one attached hydrogen (secondary N) is 2. The SMILES string of the molecule is O=C(N=Nc1c(O)[nH]c2ccccc12)c1cc(-c2cccc3ccccc23)n[nH]1. The monoisotopic (exact) mass is 381 g/mol. The Morgan fingerprint density at radius 2 is 1.69 bits per heavy atom. The first-order chi connectivity index (χ1) is 14.2. The highest BCUT2D eigenvalue weighted by Gasteiger charge is 2.14. The molecule has 1 amide bonds. The summed E-state index contributed by atoms with van der Waals surface area (Å²) in [5.41, 5.74) is 2.73. The van der Waals surface area contributed by atoms with E-state index in [1.807, 2.05) is 54.6 Å². The number of nitrogens with zero attached hydrogens (tertiary/aromatic N) is 3. The summed E-state index contributed by atoms with van der Waals surface area (Å²) in [5, 5.41) is 27.5. The predicted octanol–water partition coefficient (Wildman–Crippen LogP) is 5.34. The number of benzene rings is 3. The number of carbonyl (C=O) groups is 1. The Bertz CT molecular complexity index is 1390. The largest absolute Gasteiger partial charge is 0.493 e. The Labute approximate surface area is 164 Å². The van der Waals surface area contributed by atoms with Crippen molar-refractivity contribution in [3.8, 4) is 17.1 Å². The normalized spacial score (nSPS) is 11.6. The lowest BCUT2D eigenvalue weighted by Gasteiger charge is -2.02. The van der Waals surface area contributed by atoms with Crippen LogP contribution in [0.5, 0.6) is 5.88 Å². The van der Waals surface area contributed by atoms with Gasteiger partial charge in [-0.25, -0.2) is 0 Å². The van der Waals surface area contributed by atoms with Crippen LogP contribution in [0.25, 0.3) is 32.9 Å². The van der Waals surface area contributed by atoms with Crippen molar-refractivity contribution in [1.82, 2.24) is 15.2 Å². The van der Waals surface area contributed by atoms with Gasteiger partial charge >= 0.3 is 5.91 Å². The number of aromatic nitrogens is 3. The second kappa shape index (κ2) is 6.72. The standard InChI is InChI=1S/C22H15N5O2/c28-21(27-26-20-16-9-3-4-11-17(16)23-22(20)29)19-12-18(24-25-19)15-10-5-7-13-6-1-2-8-14(13)15/h1-12,23,29H,(H,24,25). The van der Waals surface area contributed by atoms with E-state index in [4.69, 9.17) is 0 Å². The van der Waals surface area contributed by atoms with E-state index in [0.29, 0.717) is 16.6 Å². The van der Waals surface area contributed by atoms with Crippen LogP contribution in [-0.2, 0) is 0 Å². The summed E-state index contributed by atoms with van der Waals surface area (Å²) < 4.78 is 0. The minimum atomic E-state index is -0.575. The van der Waals surface area contributed by atoms with Crippen LogP contribution in [0, 0.1) is 0 Å². The maximum Gasteiger partial charge on any atom is 0.313 e. The molecule has 3 N–H and O–H groups in total. The highest BCUT2D eigenvalue weighted by molar-refractivity contribution is 5.99. The molecule has 2 heterocycles. The Morgan fingerprint density at radius 3 is 2.59 bits per heavy atom. The van der Waals surface area contributed by atoms with Gasteiger partial charge in [0.2, 0.25) is 5.88 Å². The van der Waals surface area contributed by atoms with Crippen molar-refractivity contribution in [2.45, 2.75) is 0 Å². The molecule has 0 saturated heterocycles. The summed E-state index contributed by atoms with van der Waals surface area (Å²) in [5.74, 6) is -0.711. The fourth-order valence-electron chi connectivity index (χ4n) is 3.38. The zero-order chi connectivity index (χ0) is 19.8. The van der Waals surface area contributed by atoms with Crippen LogP contribution < -0.4 is 0 Å². The van der Waals surface area contributed by atoms with Gasteiger partial charge in [0.05, 0.1) is 11.2 Å². The third-order valence-electron chi connectivity index (χ3n) is 4.77. The van der Waals surface area contributed by atoms with Crippen molar-refractivity contribution in [3.05, 3.63) is 78.5 Å². The summed E-state index contributed by atoms with van der Waals surface area (Å²) in [6.07, 6.45) is 0. The average Bonchev–Trinajstić information content (AvgIpc) is 3.36. The van der Waals surface area contributed by atoms with Gasteiger partial charge in [0.15, 0.2) is 5.69 Å². The first-order valence-corrected chi connectivity index (χ1v) is 9.00. The fraction of sp³-hybridized carbons (Fsp3) is 0. The molecule has 0 aliphatic carbocycles. The summed E-state index contributed by atoms with van der Waals surface area (Å²) >= 11 is 0. The quantitative estimate of drug-likeness (QED) is 0.367. The van der Waals surface area contributed by atoms with Crippen molar-refractivity contribution >= 4 is 33.3 Å². The second-order valence-electron chi connectivity index (χ2n) is 6.57. The minimum absolute atomic E-state index is 0.135. The molecule has 0 radical (unpaired) electrons. The number of H-pyrrole nitrogens is 2. The molecule has 5 rings (SSSR count). The molecule has 0 bridgehead atoms. The van der Waals surface area contributed by atoms with Gasteiger partial charge in [-0.3, -0.25) is 9.89 Å². The summed E-state index contributed by atoms with van der Waals surface area (Å²) in [6.45, 7) is 0. The molecule has 140 valence electrons. The molecule has 0 aliphatic rings. The Kier molecular flexibility index (Phi) is 3.91. The second-order valence-corrected chi connectivity index (χ2v) is 6.57. The Balaban J connectivity index is 1.46. The maximum atomic E-state index is 12.5. The molecule has 29 heavy (non-hydrogen) atoms. The molecule has 7 heteroatoms. The highest BCUT2D eigenvalue weighted by atomic mass is 16.3. The molecular formula is C22H15N5O2. The lowest BCUT2D eigenvalue weighted by atomic mass is 10.0. The van der Waals surface area contributed by atoms with Gasteiger partial charge in [0, 0.05) is 10.9 Å². The first-order valence-electron chi connectivity index (χ1n) is 9.00. The van der Waals surface area contributed by atoms with Gasteiger partial charge in [0.25, 0.3) is 0 Å². The molecule has 5 aromatic rings. The molecular weight excluding hydrogens is 366 g/mol. The Morgan fingerprint density at radius 1 is 0.931 bits per heavy atom. The number of fused-ring (bicyclic) bond motifs is 2. The average molecular weight is 381 g/mol. The van der Waals surface area contributed by atoms with Crippen LogP contribution >= 0.6 is 0 Å². The molecule has 7 nitrogen and oxygen atoms in total. The number of azo groups is 1. The number of aromatic hydroxyl groups is 1. The molecule has 0 aliphatic heterocycles. The number of aromatic amines is 2. The first kappa shape index (κ1) is 16.9. The number of amides is 1. The number of hydrogen-bond donors (Lipinski definition) is 3. The summed E-state index contributed by atoms with van der Waals surface area (Å²) in [7, 11) is 0. The maximum absolute atomic E-state index is 12.5. The molecule has 3 aromatic carbocycles. The van der Waals surface area contributed by atoms with E-state index in [1.54, 1.807) is 18.2 Å². The topological polar surface area (TPSA) is 106 Å². The van der Waals surface area contributed by atoms with E-state index in [-0.39, 0.29) is 17.3 Å². The van der Waals surface area contributed by atoms with Crippen LogP contribution in [0.3, 0.4) is 0 Å². The van der Waals surface area contributed by atoms with Crippen LogP contribution in [-0.4, -0.2) is 26.2 Å². The summed E-state index contributed by atoms with van der Waals surface area (Å²) in [4.78, 5) is 15.3. The van der Waals surface area contributed by atoms with Crippen molar-refractivity contribution in [2.75, 3.05) is 0 Å². The number of carbonyl (C=O) groups excluding carboxylic acids is 1. The van der Waals surface area contributed by atoms with Crippen molar-refractivity contribution in [3.63, 3.8) is 0 Å². The Hall–Kier alpha value is -4.26. The van der Waals surface area contributed by atoms with Crippen LogP contribution in [0.1, 0.15) is 10.5 Å². The zero-order valence-electron chi connectivity index (χ0n) is 15.1. The van der Waals surface area contributed by atoms with Crippen molar-refractivity contribution in [2.24, 2.45) is 10.2 Å². The molecule has 0 unspecified atom stereocenters. The van der Waals surface area contributed by atoms with Crippen molar-refractivity contribution < 1.29 is 9.90 Å². The van der Waals surface area contributed by atoms with Gasteiger partial charge in [0.1, 0.15) is 5.69 Å². The lowest BCUT2D eigenvalue weighted by molar-refractivity contribution is 0.0990. The van der Waals surface area contributed by atoms with Gasteiger partial charge < -0.3 is 10.1 Å². The third-order valence-corrected chi connectivity index (χ3v) is 4.77. The van der Waals surface area contributed by atoms with Crippen LogP contribution in [0.4, 0.5) is 5.69 Å². The van der Waals surface area contributed by atoms with Gasteiger partial charge in [-0.05, 0) is 22.9 Å². The van der Waals surface area contributed by atoms with E-state index >= 15 is 0 Å². The number of rotatable bonds is 3. The molecule has 0 fully saturated rings. The molecule has 0 spiro atoms.